The summed E-state index contributed by atoms with van der Waals surface area (Å²) in [5.41, 5.74) is 7.14. The van der Waals surface area contributed by atoms with Gasteiger partial charge in [0, 0.05) is 16.9 Å². The van der Waals surface area contributed by atoms with Crippen LogP contribution in [0, 0.1) is 0 Å². The number of benzene rings is 1. The summed E-state index contributed by atoms with van der Waals surface area (Å²) >= 11 is 5.80. The van der Waals surface area contributed by atoms with Gasteiger partial charge in [-0.15, -0.1) is 0 Å². The van der Waals surface area contributed by atoms with Gasteiger partial charge in [0.1, 0.15) is 5.82 Å². The van der Waals surface area contributed by atoms with E-state index in [1.54, 1.807) is 30.5 Å². The molecule has 0 aliphatic rings. The fourth-order valence-corrected chi connectivity index (χ4v) is 1.64. The minimum atomic E-state index is -0.144. The van der Waals surface area contributed by atoms with Crippen LogP contribution >= 0.6 is 11.6 Å². The number of pyridine rings is 1. The Labute approximate surface area is 110 Å². The van der Waals surface area contributed by atoms with Gasteiger partial charge >= 0.3 is 0 Å². The minimum Gasteiger partial charge on any atom is -0.399 e. The summed E-state index contributed by atoms with van der Waals surface area (Å²) in [6, 6.07) is 10.4. The lowest BCUT2D eigenvalue weighted by atomic mass is 10.1. The van der Waals surface area contributed by atoms with E-state index in [1.807, 2.05) is 12.1 Å². The van der Waals surface area contributed by atoms with Crippen molar-refractivity contribution in [3.8, 4) is 0 Å². The molecule has 4 nitrogen and oxygen atoms in total. The number of carbonyl (C=O) groups is 1. The van der Waals surface area contributed by atoms with Gasteiger partial charge in [-0.1, -0.05) is 23.7 Å². The van der Waals surface area contributed by atoms with Gasteiger partial charge in [-0.25, -0.2) is 4.98 Å². The Morgan fingerprint density at radius 1 is 1.28 bits per heavy atom. The topological polar surface area (TPSA) is 68.0 Å². The number of carbonyl (C=O) groups excluding carboxylic acids is 1. The predicted octanol–water partition coefficient (Wildman–Crippen LogP) is 2.50. The van der Waals surface area contributed by atoms with Crippen molar-refractivity contribution in [3.05, 3.63) is 53.2 Å². The van der Waals surface area contributed by atoms with Gasteiger partial charge < -0.3 is 11.1 Å². The second-order valence-corrected chi connectivity index (χ2v) is 4.26. The molecular weight excluding hydrogens is 250 g/mol. The number of nitrogen functional groups attached to an aromatic ring is 1. The molecule has 3 N–H and O–H groups in total. The minimum absolute atomic E-state index is 0.144. The van der Waals surface area contributed by atoms with E-state index >= 15 is 0 Å². The molecule has 1 aromatic heterocycles. The Morgan fingerprint density at radius 3 is 2.67 bits per heavy atom. The van der Waals surface area contributed by atoms with Gasteiger partial charge in [0.25, 0.3) is 0 Å². The largest absolute Gasteiger partial charge is 0.399 e. The Kier molecular flexibility index (Phi) is 3.79. The number of amides is 1. The zero-order valence-corrected chi connectivity index (χ0v) is 10.3. The molecule has 1 amide bonds. The summed E-state index contributed by atoms with van der Waals surface area (Å²) in [7, 11) is 0. The first-order chi connectivity index (χ1) is 8.63. The van der Waals surface area contributed by atoms with Crippen molar-refractivity contribution in [2.45, 2.75) is 6.42 Å². The number of nitrogens with two attached hydrogens (primary N) is 1. The first-order valence-electron chi connectivity index (χ1n) is 5.39. The number of nitrogens with one attached hydrogen (secondary N) is 1. The standard InChI is InChI=1S/C13H12ClN3O/c14-10-5-6-16-12(8-10)17-13(18)7-9-1-3-11(15)4-2-9/h1-6,8H,7,15H2,(H,16,17,18). The Morgan fingerprint density at radius 2 is 2.00 bits per heavy atom. The maximum absolute atomic E-state index is 11.8. The monoisotopic (exact) mass is 261 g/mol. The number of hydrogen-bond donors (Lipinski definition) is 2. The number of anilines is 2. The molecule has 0 aliphatic carbocycles. The lowest BCUT2D eigenvalue weighted by Crippen LogP contribution is -2.15. The smallest absolute Gasteiger partial charge is 0.229 e. The van der Waals surface area contributed by atoms with E-state index in [-0.39, 0.29) is 12.3 Å². The molecule has 0 unspecified atom stereocenters. The maximum Gasteiger partial charge on any atom is 0.229 e. The SMILES string of the molecule is Nc1ccc(CC(=O)Nc2cc(Cl)ccn2)cc1. The van der Waals surface area contributed by atoms with Gasteiger partial charge in [-0.2, -0.15) is 0 Å². The molecule has 92 valence electrons. The van der Waals surface area contributed by atoms with E-state index in [0.29, 0.717) is 16.5 Å². The molecule has 2 rings (SSSR count). The van der Waals surface area contributed by atoms with Crippen LogP contribution in [-0.2, 0) is 11.2 Å². The van der Waals surface area contributed by atoms with Gasteiger partial charge in [-0.05, 0) is 29.8 Å². The molecule has 0 spiro atoms. The fraction of sp³-hybridized carbons (Fsp3) is 0.0769. The quantitative estimate of drug-likeness (QED) is 0.834. The van der Waals surface area contributed by atoms with Crippen LogP contribution in [0.2, 0.25) is 5.02 Å². The van der Waals surface area contributed by atoms with Crippen LogP contribution < -0.4 is 11.1 Å². The maximum atomic E-state index is 11.8. The normalized spacial score (nSPS) is 10.1. The van der Waals surface area contributed by atoms with Gasteiger partial charge in [0.05, 0.1) is 6.42 Å². The van der Waals surface area contributed by atoms with Crippen molar-refractivity contribution in [1.29, 1.82) is 0 Å². The second-order valence-electron chi connectivity index (χ2n) is 3.83. The van der Waals surface area contributed by atoms with E-state index in [1.165, 1.54) is 0 Å². The number of hydrogen-bond acceptors (Lipinski definition) is 3. The fourth-order valence-electron chi connectivity index (χ4n) is 1.48. The van der Waals surface area contributed by atoms with Crippen LogP contribution in [-0.4, -0.2) is 10.9 Å². The second kappa shape index (κ2) is 5.51. The third kappa shape index (κ3) is 3.46. The molecule has 0 atom stereocenters. The summed E-state index contributed by atoms with van der Waals surface area (Å²) in [6.07, 6.45) is 1.82. The number of nitrogens with zero attached hydrogens (tertiary/aromatic N) is 1. The Bertz CT molecular complexity index is 554. The van der Waals surface area contributed by atoms with Crippen molar-refractivity contribution in [2.24, 2.45) is 0 Å². The molecule has 0 aliphatic heterocycles. The highest BCUT2D eigenvalue weighted by Gasteiger charge is 2.05. The highest BCUT2D eigenvalue weighted by atomic mass is 35.5. The molecule has 1 heterocycles. The highest BCUT2D eigenvalue weighted by molar-refractivity contribution is 6.30. The zero-order chi connectivity index (χ0) is 13.0. The Balaban J connectivity index is 1.98. The molecule has 0 fully saturated rings. The number of aromatic nitrogens is 1. The average Bonchev–Trinajstić information content (AvgIpc) is 2.32. The van der Waals surface area contributed by atoms with E-state index in [4.69, 9.17) is 17.3 Å². The predicted molar refractivity (Wildman–Crippen MR) is 72.4 cm³/mol. The van der Waals surface area contributed by atoms with Crippen LogP contribution in [0.15, 0.2) is 42.6 Å². The van der Waals surface area contributed by atoms with Gasteiger partial charge in [0.15, 0.2) is 0 Å². The lowest BCUT2D eigenvalue weighted by Gasteiger charge is -2.05. The Hall–Kier alpha value is -2.07. The first-order valence-corrected chi connectivity index (χ1v) is 5.77. The molecule has 0 radical (unpaired) electrons. The van der Waals surface area contributed by atoms with Gasteiger partial charge in [-0.3, -0.25) is 4.79 Å². The number of halogens is 1. The summed E-state index contributed by atoms with van der Waals surface area (Å²) in [5.74, 6) is 0.303. The van der Waals surface area contributed by atoms with E-state index < -0.39 is 0 Å². The average molecular weight is 262 g/mol. The van der Waals surface area contributed by atoms with E-state index in [0.717, 1.165) is 5.56 Å². The van der Waals surface area contributed by atoms with Crippen molar-refractivity contribution in [3.63, 3.8) is 0 Å². The third-order valence-electron chi connectivity index (χ3n) is 2.33. The molecule has 0 saturated heterocycles. The van der Waals surface area contributed by atoms with Crippen LogP contribution in [0.4, 0.5) is 11.5 Å². The van der Waals surface area contributed by atoms with Crippen molar-refractivity contribution < 1.29 is 4.79 Å². The molecule has 1 aromatic carbocycles. The molecule has 5 heteroatoms. The lowest BCUT2D eigenvalue weighted by molar-refractivity contribution is -0.115. The third-order valence-corrected chi connectivity index (χ3v) is 2.57. The molecule has 2 aromatic rings. The summed E-state index contributed by atoms with van der Waals surface area (Å²) in [4.78, 5) is 15.8. The molecular formula is C13H12ClN3O. The molecule has 0 bridgehead atoms. The van der Waals surface area contributed by atoms with Crippen LogP contribution in [0.5, 0.6) is 0 Å². The van der Waals surface area contributed by atoms with E-state index in [2.05, 4.69) is 10.3 Å². The van der Waals surface area contributed by atoms with Crippen molar-refractivity contribution >= 4 is 29.0 Å². The highest BCUT2D eigenvalue weighted by Crippen LogP contribution is 2.12. The van der Waals surface area contributed by atoms with Crippen LogP contribution in [0.3, 0.4) is 0 Å². The summed E-state index contributed by atoms with van der Waals surface area (Å²) in [6.45, 7) is 0. The summed E-state index contributed by atoms with van der Waals surface area (Å²) < 4.78 is 0. The van der Waals surface area contributed by atoms with E-state index in [9.17, 15) is 4.79 Å². The number of rotatable bonds is 3. The molecule has 0 saturated carbocycles. The first kappa shape index (κ1) is 12.4. The van der Waals surface area contributed by atoms with Gasteiger partial charge in [0.2, 0.25) is 5.91 Å². The summed E-state index contributed by atoms with van der Waals surface area (Å²) in [5, 5.41) is 3.22. The van der Waals surface area contributed by atoms with Crippen LogP contribution in [0.25, 0.3) is 0 Å². The zero-order valence-electron chi connectivity index (χ0n) is 9.56. The van der Waals surface area contributed by atoms with Crippen molar-refractivity contribution in [1.82, 2.24) is 4.98 Å². The molecule has 18 heavy (non-hydrogen) atoms. The van der Waals surface area contributed by atoms with Crippen molar-refractivity contribution in [2.75, 3.05) is 11.1 Å². The van der Waals surface area contributed by atoms with Crippen LogP contribution in [0.1, 0.15) is 5.56 Å².